The van der Waals surface area contributed by atoms with Gasteiger partial charge in [0.15, 0.2) is 0 Å². The fourth-order valence-electron chi connectivity index (χ4n) is 1.09. The van der Waals surface area contributed by atoms with Gasteiger partial charge in [0.1, 0.15) is 0 Å². The molecule has 0 aromatic rings. The Balaban J connectivity index is 2.84. The topological polar surface area (TPSA) is 0 Å². The first-order chi connectivity index (χ1) is 4.22. The normalized spacial score (nSPS) is 20.9. The molecule has 0 heterocycles. The number of allylic oxidation sites excluding steroid dienone is 3. The van der Waals surface area contributed by atoms with Gasteiger partial charge in [-0.15, -0.1) is 0 Å². The summed E-state index contributed by atoms with van der Waals surface area (Å²) in [4.78, 5) is 0. The molecule has 50 valence electrons. The molecule has 1 aliphatic rings. The lowest BCUT2D eigenvalue weighted by Crippen LogP contribution is -1.94. The fraction of sp³-hybridized carbons (Fsp3) is 0.500. The molecule has 0 spiro atoms. The Morgan fingerprint density at radius 1 is 1.44 bits per heavy atom. The largest absolute Gasteiger partial charge is 0.0947 e. The third kappa shape index (κ3) is 1.45. The summed E-state index contributed by atoms with van der Waals surface area (Å²) in [5.41, 5.74) is 2.71. The Kier molecular flexibility index (Phi) is 2.12. The molecule has 0 saturated heterocycles. The molecule has 0 radical (unpaired) electrons. The summed E-state index contributed by atoms with van der Waals surface area (Å²) in [6.45, 7) is 6.10. The van der Waals surface area contributed by atoms with Crippen LogP contribution in [0.2, 0.25) is 0 Å². The van der Waals surface area contributed by atoms with Gasteiger partial charge in [-0.1, -0.05) is 28.1 Å². The first-order valence-electron chi connectivity index (χ1n) is 3.25. The number of rotatable bonds is 0. The SMILES string of the molecule is C=C1CCCC(C)=C1Br. The van der Waals surface area contributed by atoms with Gasteiger partial charge < -0.3 is 0 Å². The minimum Gasteiger partial charge on any atom is -0.0947 e. The van der Waals surface area contributed by atoms with E-state index in [-0.39, 0.29) is 0 Å². The van der Waals surface area contributed by atoms with Crippen LogP contribution in [0.1, 0.15) is 26.2 Å². The maximum Gasteiger partial charge on any atom is 0.0190 e. The van der Waals surface area contributed by atoms with Crippen LogP contribution < -0.4 is 0 Å². The van der Waals surface area contributed by atoms with Crippen molar-refractivity contribution >= 4 is 15.9 Å². The van der Waals surface area contributed by atoms with Gasteiger partial charge >= 0.3 is 0 Å². The van der Waals surface area contributed by atoms with E-state index in [2.05, 4.69) is 29.4 Å². The first kappa shape index (κ1) is 7.07. The molecule has 1 heteroatoms. The Bertz CT molecular complexity index is 165. The van der Waals surface area contributed by atoms with Crippen LogP contribution >= 0.6 is 15.9 Å². The van der Waals surface area contributed by atoms with E-state index in [1.165, 1.54) is 28.5 Å². The number of halogens is 1. The Morgan fingerprint density at radius 2 is 2.11 bits per heavy atom. The Hall–Kier alpha value is -0.0400. The predicted molar refractivity (Wildman–Crippen MR) is 44.6 cm³/mol. The summed E-state index contributed by atoms with van der Waals surface area (Å²) >= 11 is 3.50. The van der Waals surface area contributed by atoms with Crippen molar-refractivity contribution in [2.75, 3.05) is 0 Å². The highest BCUT2D eigenvalue weighted by Crippen LogP contribution is 2.31. The van der Waals surface area contributed by atoms with Gasteiger partial charge in [0.2, 0.25) is 0 Å². The second kappa shape index (κ2) is 2.70. The number of hydrogen-bond acceptors (Lipinski definition) is 0. The highest BCUT2D eigenvalue weighted by Gasteiger charge is 2.08. The van der Waals surface area contributed by atoms with Crippen LogP contribution in [-0.2, 0) is 0 Å². The van der Waals surface area contributed by atoms with Gasteiger partial charge in [0.05, 0.1) is 0 Å². The zero-order valence-corrected chi connectivity index (χ0v) is 7.29. The fourth-order valence-corrected chi connectivity index (χ4v) is 1.48. The molecule has 0 atom stereocenters. The van der Waals surface area contributed by atoms with Gasteiger partial charge in [-0.2, -0.15) is 0 Å². The van der Waals surface area contributed by atoms with Crippen LogP contribution in [0.5, 0.6) is 0 Å². The second-order valence-corrected chi connectivity index (χ2v) is 3.34. The van der Waals surface area contributed by atoms with E-state index in [4.69, 9.17) is 0 Å². The highest BCUT2D eigenvalue weighted by atomic mass is 79.9. The standard InChI is InChI=1S/C8H11Br/c1-6-4-3-5-7(2)8(6)9/h1,3-5H2,2H3. The highest BCUT2D eigenvalue weighted by molar-refractivity contribution is 9.12. The molecular formula is C8H11Br. The van der Waals surface area contributed by atoms with Crippen molar-refractivity contribution < 1.29 is 0 Å². The summed E-state index contributed by atoms with van der Waals surface area (Å²) < 4.78 is 1.26. The summed E-state index contributed by atoms with van der Waals surface area (Å²) in [6.07, 6.45) is 3.68. The molecule has 0 amide bonds. The molecule has 0 saturated carbocycles. The van der Waals surface area contributed by atoms with E-state index in [0.29, 0.717) is 0 Å². The van der Waals surface area contributed by atoms with E-state index < -0.39 is 0 Å². The average molecular weight is 187 g/mol. The maximum atomic E-state index is 3.94. The minimum atomic E-state index is 1.16. The molecule has 0 aliphatic heterocycles. The smallest absolute Gasteiger partial charge is 0.0190 e. The second-order valence-electron chi connectivity index (χ2n) is 2.55. The molecule has 1 rings (SSSR count). The van der Waals surface area contributed by atoms with E-state index in [1.807, 2.05) is 0 Å². The van der Waals surface area contributed by atoms with Crippen LogP contribution in [-0.4, -0.2) is 0 Å². The lowest BCUT2D eigenvalue weighted by Gasteiger charge is -2.14. The summed E-state index contributed by atoms with van der Waals surface area (Å²) in [5, 5.41) is 0. The van der Waals surface area contributed by atoms with E-state index in [0.717, 1.165) is 6.42 Å². The minimum absolute atomic E-state index is 1.16. The van der Waals surface area contributed by atoms with Crippen molar-refractivity contribution in [3.05, 3.63) is 22.2 Å². The molecule has 0 nitrogen and oxygen atoms in total. The molecular weight excluding hydrogens is 176 g/mol. The Labute approximate surface area is 64.8 Å². The monoisotopic (exact) mass is 186 g/mol. The third-order valence-electron chi connectivity index (χ3n) is 1.72. The molecule has 0 bridgehead atoms. The lowest BCUT2D eigenvalue weighted by atomic mass is 9.98. The van der Waals surface area contributed by atoms with Crippen LogP contribution in [0.4, 0.5) is 0 Å². The summed E-state index contributed by atoms with van der Waals surface area (Å²) in [5.74, 6) is 0. The predicted octanol–water partition coefficient (Wildman–Crippen LogP) is 3.40. The molecule has 0 fully saturated rings. The zero-order chi connectivity index (χ0) is 6.85. The van der Waals surface area contributed by atoms with Crippen LogP contribution in [0, 0.1) is 0 Å². The van der Waals surface area contributed by atoms with Crippen LogP contribution in [0.25, 0.3) is 0 Å². The van der Waals surface area contributed by atoms with E-state index in [9.17, 15) is 0 Å². The first-order valence-corrected chi connectivity index (χ1v) is 4.04. The van der Waals surface area contributed by atoms with E-state index in [1.54, 1.807) is 0 Å². The quantitative estimate of drug-likeness (QED) is 0.545. The van der Waals surface area contributed by atoms with Crippen molar-refractivity contribution in [3.8, 4) is 0 Å². The van der Waals surface area contributed by atoms with Crippen molar-refractivity contribution in [1.29, 1.82) is 0 Å². The molecule has 9 heavy (non-hydrogen) atoms. The van der Waals surface area contributed by atoms with Crippen LogP contribution in [0.15, 0.2) is 22.2 Å². The number of hydrogen-bond donors (Lipinski definition) is 0. The lowest BCUT2D eigenvalue weighted by molar-refractivity contribution is 0.782. The molecule has 0 unspecified atom stereocenters. The van der Waals surface area contributed by atoms with Gasteiger partial charge in [-0.3, -0.25) is 0 Å². The van der Waals surface area contributed by atoms with Crippen molar-refractivity contribution in [2.45, 2.75) is 26.2 Å². The van der Waals surface area contributed by atoms with Crippen molar-refractivity contribution in [1.82, 2.24) is 0 Å². The molecule has 0 aromatic heterocycles. The third-order valence-corrected chi connectivity index (χ3v) is 2.95. The average Bonchev–Trinajstić information content (AvgIpc) is 1.83. The molecule has 0 N–H and O–H groups in total. The molecule has 0 aromatic carbocycles. The van der Waals surface area contributed by atoms with Crippen LogP contribution in [0.3, 0.4) is 0 Å². The Morgan fingerprint density at radius 3 is 2.56 bits per heavy atom. The summed E-state index contributed by atoms with van der Waals surface area (Å²) in [6, 6.07) is 0. The van der Waals surface area contributed by atoms with Gasteiger partial charge in [-0.05, 0) is 31.8 Å². The van der Waals surface area contributed by atoms with Crippen molar-refractivity contribution in [3.63, 3.8) is 0 Å². The van der Waals surface area contributed by atoms with Gasteiger partial charge in [0.25, 0.3) is 0 Å². The van der Waals surface area contributed by atoms with Gasteiger partial charge in [0, 0.05) is 4.48 Å². The zero-order valence-electron chi connectivity index (χ0n) is 5.71. The maximum absolute atomic E-state index is 3.94. The van der Waals surface area contributed by atoms with Gasteiger partial charge in [-0.25, -0.2) is 0 Å². The summed E-state index contributed by atoms with van der Waals surface area (Å²) in [7, 11) is 0. The van der Waals surface area contributed by atoms with Crippen molar-refractivity contribution in [2.24, 2.45) is 0 Å². The van der Waals surface area contributed by atoms with E-state index >= 15 is 0 Å². The molecule has 1 aliphatic carbocycles.